The van der Waals surface area contributed by atoms with Crippen LogP contribution < -0.4 is 14.8 Å². The van der Waals surface area contributed by atoms with Crippen LogP contribution in [0.4, 0.5) is 0 Å². The van der Waals surface area contributed by atoms with Gasteiger partial charge in [0.25, 0.3) is 0 Å². The van der Waals surface area contributed by atoms with Crippen LogP contribution in [0.25, 0.3) is 0 Å². The van der Waals surface area contributed by atoms with Gasteiger partial charge in [-0.15, -0.1) is 0 Å². The maximum atomic E-state index is 13.2. The molecule has 1 N–H and O–H groups in total. The molecule has 0 saturated carbocycles. The van der Waals surface area contributed by atoms with E-state index in [-0.39, 0.29) is 30.8 Å². The van der Waals surface area contributed by atoms with Crippen LogP contribution in [0.3, 0.4) is 0 Å². The number of carbonyl (C=O) groups is 2. The molecular weight excluding hydrogens is 451 g/mol. The van der Waals surface area contributed by atoms with Gasteiger partial charge in [0.2, 0.25) is 11.8 Å². The Morgan fingerprint density at radius 2 is 1.66 bits per heavy atom. The predicted molar refractivity (Wildman–Crippen MR) is 126 cm³/mol. The molecule has 8 heteroatoms. The van der Waals surface area contributed by atoms with Crippen LogP contribution in [-0.4, -0.2) is 42.0 Å². The number of hydrogen-bond acceptors (Lipinski definition) is 4. The number of aryl methyl sites for hydroxylation is 1. The molecule has 0 aromatic heterocycles. The smallest absolute Gasteiger partial charge is 0.242 e. The molecule has 1 heterocycles. The van der Waals surface area contributed by atoms with Crippen molar-refractivity contribution in [1.29, 1.82) is 0 Å². The zero-order chi connectivity index (χ0) is 23.3. The number of carbonyl (C=O) groups excluding carboxylic acids is 2. The Labute approximate surface area is 198 Å². The Morgan fingerprint density at radius 3 is 2.34 bits per heavy atom. The molecule has 0 fully saturated rings. The molecule has 0 bridgehead atoms. The van der Waals surface area contributed by atoms with Crippen molar-refractivity contribution in [3.05, 3.63) is 57.6 Å². The molecule has 0 radical (unpaired) electrons. The molecule has 1 atom stereocenters. The average molecular weight is 479 g/mol. The number of benzene rings is 2. The fourth-order valence-electron chi connectivity index (χ4n) is 3.46. The van der Waals surface area contributed by atoms with Crippen molar-refractivity contribution in [3.63, 3.8) is 0 Å². The number of rotatable bonds is 8. The first-order valence-corrected chi connectivity index (χ1v) is 11.4. The van der Waals surface area contributed by atoms with Gasteiger partial charge in [-0.2, -0.15) is 0 Å². The molecule has 6 nitrogen and oxygen atoms in total. The highest BCUT2D eigenvalue weighted by atomic mass is 35.5. The molecule has 3 rings (SSSR count). The first-order valence-electron chi connectivity index (χ1n) is 10.7. The van der Waals surface area contributed by atoms with Gasteiger partial charge in [0, 0.05) is 19.0 Å². The van der Waals surface area contributed by atoms with E-state index in [0.29, 0.717) is 41.2 Å². The molecule has 1 unspecified atom stereocenters. The summed E-state index contributed by atoms with van der Waals surface area (Å²) in [6.45, 7) is 6.80. The third-order valence-electron chi connectivity index (χ3n) is 5.17. The van der Waals surface area contributed by atoms with Crippen LogP contribution in [0.2, 0.25) is 10.0 Å². The summed E-state index contributed by atoms with van der Waals surface area (Å²) in [7, 11) is 0. The fourth-order valence-corrected chi connectivity index (χ4v) is 3.78. The number of nitrogens with zero attached hydrogens (tertiary/aromatic N) is 1. The van der Waals surface area contributed by atoms with E-state index in [1.165, 1.54) is 0 Å². The molecule has 0 aliphatic carbocycles. The van der Waals surface area contributed by atoms with Gasteiger partial charge in [-0.3, -0.25) is 9.59 Å². The zero-order valence-electron chi connectivity index (χ0n) is 18.5. The Bertz CT molecular complexity index is 980. The summed E-state index contributed by atoms with van der Waals surface area (Å²) in [6.07, 6.45) is 0.770. The van der Waals surface area contributed by atoms with Crippen LogP contribution in [0.15, 0.2) is 36.4 Å². The third-order valence-corrected chi connectivity index (χ3v) is 5.91. The highest BCUT2D eigenvalue weighted by molar-refractivity contribution is 6.42. The van der Waals surface area contributed by atoms with Crippen LogP contribution in [-0.2, 0) is 22.6 Å². The van der Waals surface area contributed by atoms with E-state index >= 15 is 0 Å². The van der Waals surface area contributed by atoms with E-state index in [4.69, 9.17) is 32.7 Å². The highest BCUT2D eigenvalue weighted by Gasteiger charge is 2.26. The van der Waals surface area contributed by atoms with Crippen molar-refractivity contribution in [2.45, 2.75) is 52.2 Å². The maximum absolute atomic E-state index is 13.2. The van der Waals surface area contributed by atoms with Crippen LogP contribution >= 0.6 is 23.2 Å². The lowest BCUT2D eigenvalue weighted by Gasteiger charge is -2.29. The number of ether oxygens (including phenoxy) is 2. The van der Waals surface area contributed by atoms with Gasteiger partial charge in [-0.05, 0) is 62.6 Å². The molecule has 1 aliphatic heterocycles. The van der Waals surface area contributed by atoms with Gasteiger partial charge in [-0.25, -0.2) is 0 Å². The van der Waals surface area contributed by atoms with Crippen molar-refractivity contribution in [1.82, 2.24) is 10.2 Å². The Morgan fingerprint density at radius 1 is 0.969 bits per heavy atom. The summed E-state index contributed by atoms with van der Waals surface area (Å²) < 4.78 is 11.2. The summed E-state index contributed by atoms with van der Waals surface area (Å²) in [6, 6.07) is 10.2. The lowest BCUT2D eigenvalue weighted by Crippen LogP contribution is -2.49. The summed E-state index contributed by atoms with van der Waals surface area (Å²) >= 11 is 12.2. The van der Waals surface area contributed by atoms with E-state index in [1.54, 1.807) is 24.0 Å². The van der Waals surface area contributed by atoms with Gasteiger partial charge in [0.1, 0.15) is 19.3 Å². The van der Waals surface area contributed by atoms with Crippen molar-refractivity contribution < 1.29 is 19.1 Å². The molecule has 2 aromatic rings. The highest BCUT2D eigenvalue weighted by Crippen LogP contribution is 2.31. The minimum absolute atomic E-state index is 0.0235. The standard InChI is InChI=1S/C24H28Cl2N2O4/c1-15(2)27-24(30)16(3)28(14-18-4-7-19(25)20(26)12-18)23(29)9-6-17-5-8-21-22(13-17)32-11-10-31-21/h4-5,7-8,12-13,15-16H,6,9-11,14H2,1-3H3,(H,27,30). The lowest BCUT2D eigenvalue weighted by atomic mass is 10.1. The SMILES string of the molecule is CC(C)NC(=O)C(C)N(Cc1ccc(Cl)c(Cl)c1)C(=O)CCc1ccc2c(c1)OCCO2. The predicted octanol–water partition coefficient (Wildman–Crippen LogP) is 4.64. The normalized spacial score (nSPS) is 13.6. The lowest BCUT2D eigenvalue weighted by molar-refractivity contribution is -0.140. The van der Waals surface area contributed by atoms with Gasteiger partial charge in [0.05, 0.1) is 10.0 Å². The van der Waals surface area contributed by atoms with Crippen molar-refractivity contribution >= 4 is 35.0 Å². The van der Waals surface area contributed by atoms with Crippen LogP contribution in [0, 0.1) is 0 Å². The molecule has 0 spiro atoms. The van der Waals surface area contributed by atoms with Crippen molar-refractivity contribution in [2.24, 2.45) is 0 Å². The van der Waals surface area contributed by atoms with Gasteiger partial charge in [0.15, 0.2) is 11.5 Å². The first-order chi connectivity index (χ1) is 15.2. The number of nitrogens with one attached hydrogen (secondary N) is 1. The fraction of sp³-hybridized carbons (Fsp3) is 0.417. The minimum Gasteiger partial charge on any atom is -0.486 e. The number of amides is 2. The summed E-state index contributed by atoms with van der Waals surface area (Å²) in [4.78, 5) is 27.5. The number of hydrogen-bond donors (Lipinski definition) is 1. The molecule has 32 heavy (non-hydrogen) atoms. The maximum Gasteiger partial charge on any atom is 0.242 e. The van der Waals surface area contributed by atoms with Gasteiger partial charge >= 0.3 is 0 Å². The average Bonchev–Trinajstić information content (AvgIpc) is 2.77. The molecule has 2 amide bonds. The molecule has 1 aliphatic rings. The van der Waals surface area contributed by atoms with Crippen LogP contribution in [0.1, 0.15) is 38.3 Å². The summed E-state index contributed by atoms with van der Waals surface area (Å²) in [5.74, 6) is 1.08. The van der Waals surface area contributed by atoms with E-state index in [1.807, 2.05) is 38.1 Å². The summed E-state index contributed by atoms with van der Waals surface area (Å²) in [5.41, 5.74) is 1.77. The molecule has 2 aromatic carbocycles. The van der Waals surface area contributed by atoms with Gasteiger partial charge < -0.3 is 19.7 Å². The quantitative estimate of drug-likeness (QED) is 0.599. The van der Waals surface area contributed by atoms with Crippen LogP contribution in [0.5, 0.6) is 11.5 Å². The Kier molecular flexibility index (Phi) is 8.26. The second-order valence-corrected chi connectivity index (χ2v) is 8.90. The van der Waals surface area contributed by atoms with Crippen molar-refractivity contribution in [2.75, 3.05) is 13.2 Å². The van der Waals surface area contributed by atoms with E-state index in [0.717, 1.165) is 11.1 Å². The van der Waals surface area contributed by atoms with Gasteiger partial charge in [-0.1, -0.05) is 35.3 Å². The number of halogens is 2. The summed E-state index contributed by atoms with van der Waals surface area (Å²) in [5, 5.41) is 3.73. The molecular formula is C24H28Cl2N2O4. The van der Waals surface area contributed by atoms with E-state index < -0.39 is 6.04 Å². The Hall–Kier alpha value is -2.44. The second kappa shape index (κ2) is 10.9. The first kappa shape index (κ1) is 24.2. The second-order valence-electron chi connectivity index (χ2n) is 8.09. The zero-order valence-corrected chi connectivity index (χ0v) is 20.0. The van der Waals surface area contributed by atoms with E-state index in [9.17, 15) is 9.59 Å². The third kappa shape index (κ3) is 6.30. The Balaban J connectivity index is 1.74. The topological polar surface area (TPSA) is 67.9 Å². The largest absolute Gasteiger partial charge is 0.486 e. The minimum atomic E-state index is -0.639. The number of fused-ring (bicyclic) bond motifs is 1. The van der Waals surface area contributed by atoms with Crippen molar-refractivity contribution in [3.8, 4) is 11.5 Å². The molecule has 0 saturated heterocycles. The monoisotopic (exact) mass is 478 g/mol. The van der Waals surface area contributed by atoms with E-state index in [2.05, 4.69) is 5.32 Å². The molecule has 172 valence electrons.